The summed E-state index contributed by atoms with van der Waals surface area (Å²) in [5.41, 5.74) is 0. The summed E-state index contributed by atoms with van der Waals surface area (Å²) < 4.78 is 62.4. The summed E-state index contributed by atoms with van der Waals surface area (Å²) in [7, 11) is 0. The van der Waals surface area contributed by atoms with E-state index in [9.17, 15) is 26.7 Å². The Bertz CT molecular complexity index is 196. The number of esters is 1. The third-order valence-electron chi connectivity index (χ3n) is 0.955. The van der Waals surface area contributed by atoms with Gasteiger partial charge in [-0.25, -0.2) is 4.79 Å². The van der Waals surface area contributed by atoms with Crippen molar-refractivity contribution in [2.75, 3.05) is 0 Å². The zero-order chi connectivity index (χ0) is 10.9. The van der Waals surface area contributed by atoms with Crippen LogP contribution >= 0.6 is 0 Å². The predicted octanol–water partition coefficient (Wildman–Crippen LogP) is 2.14. The summed E-state index contributed by atoms with van der Waals surface area (Å²) in [6.45, 7) is 2.34. The first-order chi connectivity index (χ1) is 5.59. The van der Waals surface area contributed by atoms with Crippen molar-refractivity contribution in [3.8, 4) is 0 Å². The van der Waals surface area contributed by atoms with Crippen molar-refractivity contribution in [3.63, 3.8) is 0 Å². The van der Waals surface area contributed by atoms with Gasteiger partial charge in [-0.3, -0.25) is 0 Å². The van der Waals surface area contributed by atoms with E-state index < -0.39 is 24.2 Å². The van der Waals surface area contributed by atoms with Gasteiger partial charge in [-0.1, -0.05) is 0 Å². The maximum Gasteiger partial charge on any atom is 0.465 e. The highest BCUT2D eigenvalue weighted by Gasteiger charge is 2.65. The molecule has 0 aliphatic rings. The van der Waals surface area contributed by atoms with Gasteiger partial charge in [0.1, 0.15) is 0 Å². The second-order valence-electron chi connectivity index (χ2n) is 2.53. The van der Waals surface area contributed by atoms with Crippen LogP contribution in [0.3, 0.4) is 0 Å². The van der Waals surface area contributed by atoms with Crippen LogP contribution in [0.5, 0.6) is 0 Å². The SMILES string of the molecule is CC(C)OC(=O)C(F)(F)C(F)(F)F. The lowest BCUT2D eigenvalue weighted by molar-refractivity contribution is -0.281. The van der Waals surface area contributed by atoms with E-state index in [2.05, 4.69) is 4.74 Å². The molecule has 0 unspecified atom stereocenters. The van der Waals surface area contributed by atoms with E-state index in [-0.39, 0.29) is 0 Å². The molecule has 0 aromatic rings. The molecule has 0 saturated carbocycles. The average Bonchev–Trinajstić information content (AvgIpc) is 1.82. The minimum absolute atomic E-state index is 1.01. The summed E-state index contributed by atoms with van der Waals surface area (Å²) in [6.07, 6.45) is -6.92. The fourth-order valence-corrected chi connectivity index (χ4v) is 0.404. The van der Waals surface area contributed by atoms with Crippen LogP contribution in [0, 0.1) is 0 Å². The van der Waals surface area contributed by atoms with Gasteiger partial charge in [-0.05, 0) is 13.8 Å². The lowest BCUT2D eigenvalue weighted by Crippen LogP contribution is -2.45. The smallest absolute Gasteiger partial charge is 0.458 e. The van der Waals surface area contributed by atoms with Crippen molar-refractivity contribution in [2.45, 2.75) is 32.1 Å². The molecule has 0 N–H and O–H groups in total. The van der Waals surface area contributed by atoms with Crippen LogP contribution in [0.2, 0.25) is 0 Å². The molecule has 0 bridgehead atoms. The largest absolute Gasteiger partial charge is 0.465 e. The summed E-state index contributed by atoms with van der Waals surface area (Å²) in [5, 5.41) is 0. The molecule has 0 saturated heterocycles. The molecule has 0 heterocycles. The number of hydrogen-bond donors (Lipinski definition) is 0. The number of hydrogen-bond acceptors (Lipinski definition) is 2. The highest BCUT2D eigenvalue weighted by Crippen LogP contribution is 2.36. The number of carbonyl (C=O) groups excluding carboxylic acids is 1. The number of halogens is 5. The van der Waals surface area contributed by atoms with Gasteiger partial charge >= 0.3 is 18.1 Å². The van der Waals surface area contributed by atoms with Gasteiger partial charge in [0, 0.05) is 0 Å². The lowest BCUT2D eigenvalue weighted by Gasteiger charge is -2.18. The zero-order valence-electron chi connectivity index (χ0n) is 6.78. The van der Waals surface area contributed by atoms with Gasteiger partial charge in [0.2, 0.25) is 0 Å². The van der Waals surface area contributed by atoms with Crippen molar-refractivity contribution in [3.05, 3.63) is 0 Å². The van der Waals surface area contributed by atoms with Crippen LogP contribution in [0.1, 0.15) is 13.8 Å². The number of alkyl halides is 5. The van der Waals surface area contributed by atoms with E-state index in [4.69, 9.17) is 0 Å². The summed E-state index contributed by atoms with van der Waals surface area (Å²) in [6, 6.07) is 0. The van der Waals surface area contributed by atoms with Crippen molar-refractivity contribution in [1.29, 1.82) is 0 Å². The van der Waals surface area contributed by atoms with Gasteiger partial charge in [0.25, 0.3) is 0 Å². The molecule has 0 rings (SSSR count). The third kappa shape index (κ3) is 2.82. The van der Waals surface area contributed by atoms with E-state index >= 15 is 0 Å². The van der Waals surface area contributed by atoms with Crippen LogP contribution in [0.4, 0.5) is 22.0 Å². The van der Waals surface area contributed by atoms with Crippen LogP contribution < -0.4 is 0 Å². The van der Waals surface area contributed by atoms with Crippen molar-refractivity contribution in [1.82, 2.24) is 0 Å². The molecule has 0 aromatic carbocycles. The highest BCUT2D eigenvalue weighted by atomic mass is 19.4. The quantitative estimate of drug-likeness (QED) is 0.511. The van der Waals surface area contributed by atoms with Gasteiger partial charge in [0.15, 0.2) is 0 Å². The minimum Gasteiger partial charge on any atom is -0.458 e. The summed E-state index contributed by atoms with van der Waals surface area (Å²) >= 11 is 0. The second-order valence-corrected chi connectivity index (χ2v) is 2.53. The zero-order valence-corrected chi connectivity index (χ0v) is 6.78. The van der Waals surface area contributed by atoms with Crippen LogP contribution in [0.25, 0.3) is 0 Å². The third-order valence-corrected chi connectivity index (χ3v) is 0.955. The Labute approximate surface area is 70.7 Å². The molecule has 0 aliphatic heterocycles. The normalized spacial score (nSPS) is 13.2. The Morgan fingerprint density at radius 2 is 1.54 bits per heavy atom. The van der Waals surface area contributed by atoms with E-state index in [0.29, 0.717) is 0 Å². The Morgan fingerprint density at radius 3 is 1.77 bits per heavy atom. The Kier molecular flexibility index (Phi) is 3.23. The molecule has 0 amide bonds. The van der Waals surface area contributed by atoms with Gasteiger partial charge in [0.05, 0.1) is 6.10 Å². The molecule has 0 fully saturated rings. The first kappa shape index (κ1) is 12.1. The molecule has 0 aliphatic carbocycles. The highest BCUT2D eigenvalue weighted by molar-refractivity contribution is 5.78. The molecule has 13 heavy (non-hydrogen) atoms. The second kappa shape index (κ2) is 3.47. The van der Waals surface area contributed by atoms with Crippen LogP contribution in [-0.2, 0) is 9.53 Å². The molecule has 0 aromatic heterocycles. The molecular weight excluding hydrogens is 199 g/mol. The molecule has 2 nitrogen and oxygen atoms in total. The van der Waals surface area contributed by atoms with Crippen molar-refractivity contribution in [2.24, 2.45) is 0 Å². The number of ether oxygens (including phenoxy) is 1. The first-order valence-corrected chi connectivity index (χ1v) is 3.24. The maximum atomic E-state index is 12.1. The van der Waals surface area contributed by atoms with E-state index in [1.807, 2.05) is 0 Å². The van der Waals surface area contributed by atoms with Crippen molar-refractivity contribution < 1.29 is 31.5 Å². The summed E-state index contributed by atoms with van der Waals surface area (Å²) in [4.78, 5) is 10.2. The Balaban J connectivity index is 4.56. The van der Waals surface area contributed by atoms with Gasteiger partial charge in [-0.15, -0.1) is 0 Å². The summed E-state index contributed by atoms with van der Waals surface area (Å²) in [5.74, 6) is -8.01. The van der Waals surface area contributed by atoms with E-state index in [0.717, 1.165) is 0 Å². The number of carbonyl (C=O) groups is 1. The van der Waals surface area contributed by atoms with Gasteiger partial charge < -0.3 is 4.74 Å². The fourth-order valence-electron chi connectivity index (χ4n) is 0.404. The molecule has 7 heteroatoms. The van der Waals surface area contributed by atoms with Gasteiger partial charge in [-0.2, -0.15) is 22.0 Å². The Morgan fingerprint density at radius 1 is 1.15 bits per heavy atom. The molecule has 0 spiro atoms. The Hall–Kier alpha value is -0.880. The molecular formula is C6H7F5O2. The predicted molar refractivity (Wildman–Crippen MR) is 32.2 cm³/mol. The standard InChI is InChI=1S/C6H7F5O2/c1-3(2)13-4(12)5(7,8)6(9,10)11/h3H,1-2H3. The molecule has 78 valence electrons. The van der Waals surface area contributed by atoms with Crippen molar-refractivity contribution >= 4 is 5.97 Å². The fraction of sp³-hybridized carbons (Fsp3) is 0.833. The van der Waals surface area contributed by atoms with Crippen LogP contribution in [-0.4, -0.2) is 24.2 Å². The minimum atomic E-state index is -5.90. The average molecular weight is 206 g/mol. The topological polar surface area (TPSA) is 26.3 Å². The van der Waals surface area contributed by atoms with E-state index in [1.165, 1.54) is 13.8 Å². The van der Waals surface area contributed by atoms with Crippen LogP contribution in [0.15, 0.2) is 0 Å². The lowest BCUT2D eigenvalue weighted by atomic mass is 10.3. The first-order valence-electron chi connectivity index (χ1n) is 3.24. The molecule has 0 atom stereocenters. The number of rotatable bonds is 2. The monoisotopic (exact) mass is 206 g/mol. The van der Waals surface area contributed by atoms with E-state index in [1.54, 1.807) is 0 Å². The molecule has 0 radical (unpaired) electrons. The maximum absolute atomic E-state index is 12.1.